The van der Waals surface area contributed by atoms with Crippen LogP contribution >= 0.6 is 0 Å². The number of hydrogen-bond donors (Lipinski definition) is 2. The summed E-state index contributed by atoms with van der Waals surface area (Å²) in [7, 11) is 4.71. The molecule has 0 aliphatic rings. The number of benzene rings is 1. The summed E-state index contributed by atoms with van der Waals surface area (Å²) in [6, 6.07) is 3.57. The largest absolute Gasteiger partial charge is 0.496 e. The van der Waals surface area contributed by atoms with E-state index in [4.69, 9.17) is 19.9 Å². The molecule has 1 amide bonds. The van der Waals surface area contributed by atoms with Crippen LogP contribution in [-0.4, -0.2) is 40.3 Å². The summed E-state index contributed by atoms with van der Waals surface area (Å²) in [5.41, 5.74) is 6.57. The van der Waals surface area contributed by atoms with Crippen molar-refractivity contribution in [3.63, 3.8) is 0 Å². The van der Waals surface area contributed by atoms with E-state index in [0.29, 0.717) is 30.2 Å². The van der Waals surface area contributed by atoms with Crippen LogP contribution in [0.4, 0.5) is 0 Å². The van der Waals surface area contributed by atoms with Gasteiger partial charge in [-0.15, -0.1) is 0 Å². The van der Waals surface area contributed by atoms with Gasteiger partial charge < -0.3 is 25.3 Å². The lowest BCUT2D eigenvalue weighted by molar-refractivity contribution is -0.124. The maximum Gasteiger partial charge on any atom is 0.224 e. The fourth-order valence-corrected chi connectivity index (χ4v) is 2.12. The van der Waals surface area contributed by atoms with Crippen LogP contribution in [0.5, 0.6) is 17.2 Å². The van der Waals surface area contributed by atoms with Gasteiger partial charge in [-0.1, -0.05) is 0 Å². The second-order valence-electron chi connectivity index (χ2n) is 4.55. The fraction of sp³-hybridized carbons (Fsp3) is 0.533. The lowest BCUT2D eigenvalue weighted by Gasteiger charge is -2.18. The number of carbonyl (C=O) groups is 1. The Labute approximate surface area is 125 Å². The SMILES string of the molecule is CCNC(=O)C(CN)Cc1cc(OC)c(OC)cc1OC. The molecule has 1 aromatic carbocycles. The van der Waals surface area contributed by atoms with E-state index in [1.165, 1.54) is 0 Å². The van der Waals surface area contributed by atoms with E-state index in [1.54, 1.807) is 27.4 Å². The normalized spacial score (nSPS) is 11.7. The molecule has 0 aliphatic heterocycles. The monoisotopic (exact) mass is 296 g/mol. The predicted octanol–water partition coefficient (Wildman–Crippen LogP) is 0.966. The van der Waals surface area contributed by atoms with Gasteiger partial charge in [-0.3, -0.25) is 4.79 Å². The van der Waals surface area contributed by atoms with Gasteiger partial charge in [0.25, 0.3) is 0 Å². The number of amides is 1. The number of rotatable bonds is 8. The van der Waals surface area contributed by atoms with Crippen LogP contribution in [0.15, 0.2) is 12.1 Å². The summed E-state index contributed by atoms with van der Waals surface area (Å²) in [5, 5.41) is 2.79. The Morgan fingerprint density at radius 1 is 1.14 bits per heavy atom. The molecule has 1 atom stereocenters. The van der Waals surface area contributed by atoms with E-state index in [1.807, 2.05) is 13.0 Å². The van der Waals surface area contributed by atoms with Crippen LogP contribution in [0.3, 0.4) is 0 Å². The van der Waals surface area contributed by atoms with Gasteiger partial charge in [-0.25, -0.2) is 0 Å². The maximum atomic E-state index is 12.0. The van der Waals surface area contributed by atoms with Gasteiger partial charge >= 0.3 is 0 Å². The van der Waals surface area contributed by atoms with Crippen LogP contribution in [0.1, 0.15) is 12.5 Å². The van der Waals surface area contributed by atoms with Crippen molar-refractivity contribution in [3.05, 3.63) is 17.7 Å². The van der Waals surface area contributed by atoms with Gasteiger partial charge in [0.2, 0.25) is 5.91 Å². The molecule has 0 radical (unpaired) electrons. The predicted molar refractivity (Wildman–Crippen MR) is 81.0 cm³/mol. The first-order chi connectivity index (χ1) is 10.1. The summed E-state index contributed by atoms with van der Waals surface area (Å²) in [6.07, 6.45) is 0.478. The van der Waals surface area contributed by atoms with Gasteiger partial charge in [-0.2, -0.15) is 0 Å². The minimum atomic E-state index is -0.308. The smallest absolute Gasteiger partial charge is 0.224 e. The summed E-state index contributed by atoms with van der Waals surface area (Å²) in [6.45, 7) is 2.73. The average molecular weight is 296 g/mol. The minimum Gasteiger partial charge on any atom is -0.496 e. The molecule has 1 aromatic rings. The van der Waals surface area contributed by atoms with Crippen molar-refractivity contribution in [3.8, 4) is 17.2 Å². The summed E-state index contributed by atoms with van der Waals surface area (Å²) in [4.78, 5) is 12.0. The Balaban J connectivity index is 3.07. The Morgan fingerprint density at radius 2 is 1.71 bits per heavy atom. The van der Waals surface area contributed by atoms with Gasteiger partial charge in [0.15, 0.2) is 11.5 Å². The van der Waals surface area contributed by atoms with E-state index in [0.717, 1.165) is 5.56 Å². The number of nitrogens with two attached hydrogens (primary N) is 1. The molecule has 0 fully saturated rings. The molecule has 0 aromatic heterocycles. The van der Waals surface area contributed by atoms with E-state index in [-0.39, 0.29) is 18.4 Å². The molecule has 0 spiro atoms. The van der Waals surface area contributed by atoms with Crippen LogP contribution in [0.25, 0.3) is 0 Å². The van der Waals surface area contributed by atoms with Crippen LogP contribution in [-0.2, 0) is 11.2 Å². The van der Waals surface area contributed by atoms with Crippen LogP contribution < -0.4 is 25.3 Å². The van der Waals surface area contributed by atoms with Crippen LogP contribution in [0, 0.1) is 5.92 Å². The second-order valence-corrected chi connectivity index (χ2v) is 4.55. The lowest BCUT2D eigenvalue weighted by Crippen LogP contribution is -2.36. The van der Waals surface area contributed by atoms with Crippen molar-refractivity contribution in [2.24, 2.45) is 11.7 Å². The van der Waals surface area contributed by atoms with Crippen molar-refractivity contribution in [2.45, 2.75) is 13.3 Å². The summed E-state index contributed by atoms with van der Waals surface area (Å²) in [5.74, 6) is 1.46. The summed E-state index contributed by atoms with van der Waals surface area (Å²) < 4.78 is 15.9. The zero-order valence-corrected chi connectivity index (χ0v) is 13.1. The Hall–Kier alpha value is -1.95. The molecular formula is C15H24N2O4. The second kappa shape index (κ2) is 8.36. The van der Waals surface area contributed by atoms with Gasteiger partial charge in [-0.05, 0) is 25.0 Å². The molecule has 3 N–H and O–H groups in total. The molecule has 1 rings (SSSR count). The number of carbonyl (C=O) groups excluding carboxylic acids is 1. The topological polar surface area (TPSA) is 82.8 Å². The Bertz CT molecular complexity index is 477. The minimum absolute atomic E-state index is 0.0585. The first-order valence-corrected chi connectivity index (χ1v) is 6.87. The van der Waals surface area contributed by atoms with E-state index < -0.39 is 0 Å². The third kappa shape index (κ3) is 4.26. The standard InChI is InChI=1S/C15H24N2O4/c1-5-17-15(18)11(9-16)6-10-7-13(20-3)14(21-4)8-12(10)19-2/h7-8,11H,5-6,9,16H2,1-4H3,(H,17,18). The lowest BCUT2D eigenvalue weighted by atomic mass is 9.97. The molecule has 6 heteroatoms. The highest BCUT2D eigenvalue weighted by atomic mass is 16.5. The van der Waals surface area contributed by atoms with E-state index >= 15 is 0 Å². The van der Waals surface area contributed by atoms with Crippen molar-refractivity contribution in [1.82, 2.24) is 5.32 Å². The van der Waals surface area contributed by atoms with E-state index in [9.17, 15) is 4.79 Å². The highest BCUT2D eigenvalue weighted by Crippen LogP contribution is 2.35. The molecule has 0 heterocycles. The highest BCUT2D eigenvalue weighted by Gasteiger charge is 2.20. The maximum absolute atomic E-state index is 12.0. The molecule has 0 bridgehead atoms. The highest BCUT2D eigenvalue weighted by molar-refractivity contribution is 5.79. The summed E-state index contributed by atoms with van der Waals surface area (Å²) >= 11 is 0. The number of hydrogen-bond acceptors (Lipinski definition) is 5. The zero-order chi connectivity index (χ0) is 15.8. The Morgan fingerprint density at radius 3 is 2.19 bits per heavy atom. The average Bonchev–Trinajstić information content (AvgIpc) is 2.51. The first kappa shape index (κ1) is 17.1. The van der Waals surface area contributed by atoms with Crippen molar-refractivity contribution in [1.29, 1.82) is 0 Å². The zero-order valence-electron chi connectivity index (χ0n) is 13.1. The fourth-order valence-electron chi connectivity index (χ4n) is 2.12. The number of methoxy groups -OCH3 is 3. The van der Waals surface area contributed by atoms with Gasteiger partial charge in [0.1, 0.15) is 5.75 Å². The molecule has 6 nitrogen and oxygen atoms in total. The molecule has 21 heavy (non-hydrogen) atoms. The third-order valence-electron chi connectivity index (χ3n) is 3.26. The molecule has 1 unspecified atom stereocenters. The quantitative estimate of drug-likeness (QED) is 0.747. The molecule has 118 valence electrons. The van der Waals surface area contributed by atoms with Gasteiger partial charge in [0.05, 0.1) is 27.2 Å². The first-order valence-electron chi connectivity index (χ1n) is 6.87. The van der Waals surface area contributed by atoms with Crippen LogP contribution in [0.2, 0.25) is 0 Å². The molecule has 0 saturated heterocycles. The van der Waals surface area contributed by atoms with Crippen molar-refractivity contribution in [2.75, 3.05) is 34.4 Å². The number of ether oxygens (including phenoxy) is 3. The van der Waals surface area contributed by atoms with Crippen molar-refractivity contribution < 1.29 is 19.0 Å². The number of nitrogens with one attached hydrogen (secondary N) is 1. The molecular weight excluding hydrogens is 272 g/mol. The Kier molecular flexibility index (Phi) is 6.81. The van der Waals surface area contributed by atoms with E-state index in [2.05, 4.69) is 5.32 Å². The van der Waals surface area contributed by atoms with Crippen molar-refractivity contribution >= 4 is 5.91 Å². The molecule has 0 aliphatic carbocycles. The van der Waals surface area contributed by atoms with Gasteiger partial charge in [0, 0.05) is 19.2 Å². The third-order valence-corrected chi connectivity index (χ3v) is 3.26. The molecule has 0 saturated carbocycles.